The van der Waals surface area contributed by atoms with Crippen molar-refractivity contribution in [3.8, 4) is 11.5 Å². The minimum absolute atomic E-state index is 0.0883. The van der Waals surface area contributed by atoms with Gasteiger partial charge in [0.1, 0.15) is 22.6 Å². The highest BCUT2D eigenvalue weighted by atomic mass is 16.6. The molecule has 0 radical (unpaired) electrons. The van der Waals surface area contributed by atoms with Crippen molar-refractivity contribution in [2.75, 3.05) is 9.80 Å². The van der Waals surface area contributed by atoms with Crippen LogP contribution in [0.15, 0.2) is 97.1 Å². The Labute approximate surface area is 261 Å². The fourth-order valence-electron chi connectivity index (χ4n) is 6.02. The molecule has 0 unspecified atom stereocenters. The highest BCUT2D eigenvalue weighted by Crippen LogP contribution is 2.60. The van der Waals surface area contributed by atoms with E-state index in [1.807, 2.05) is 0 Å². The number of hydrogen-bond donors (Lipinski definition) is 2. The van der Waals surface area contributed by atoms with Gasteiger partial charge in [-0.15, -0.1) is 0 Å². The van der Waals surface area contributed by atoms with Crippen molar-refractivity contribution in [3.63, 3.8) is 0 Å². The van der Waals surface area contributed by atoms with Crippen molar-refractivity contribution in [2.24, 2.45) is 0 Å². The lowest BCUT2D eigenvalue weighted by atomic mass is 9.73. The van der Waals surface area contributed by atoms with Crippen LogP contribution in [0.3, 0.4) is 0 Å². The van der Waals surface area contributed by atoms with Crippen LogP contribution in [0.25, 0.3) is 0 Å². The van der Waals surface area contributed by atoms with Crippen molar-refractivity contribution in [3.05, 3.63) is 119 Å². The maximum atomic E-state index is 14.9. The summed E-state index contributed by atoms with van der Waals surface area (Å²) in [5.41, 5.74) is -7.45. The van der Waals surface area contributed by atoms with Crippen LogP contribution in [-0.4, -0.2) is 45.8 Å². The molecule has 0 aliphatic carbocycles. The summed E-state index contributed by atoms with van der Waals surface area (Å²) < 4.78 is 12.1. The molecule has 2 aliphatic rings. The van der Waals surface area contributed by atoms with E-state index in [0.717, 1.165) is 13.8 Å². The summed E-state index contributed by atoms with van der Waals surface area (Å²) >= 11 is 0. The average Bonchev–Trinajstić information content (AvgIpc) is 3.43. The first kappa shape index (κ1) is 29.8. The van der Waals surface area contributed by atoms with Gasteiger partial charge >= 0.3 is 11.9 Å². The number of para-hydroxylation sites is 4. The van der Waals surface area contributed by atoms with Crippen LogP contribution in [0.2, 0.25) is 0 Å². The number of amides is 4. The highest BCUT2D eigenvalue weighted by molar-refractivity contribution is 6.29. The van der Waals surface area contributed by atoms with E-state index in [2.05, 4.69) is 0 Å². The quantitative estimate of drug-likeness (QED) is 0.314. The minimum atomic E-state index is -2.99. The molecule has 4 aromatic carbocycles. The number of phenols is 2. The third-order valence-electron chi connectivity index (χ3n) is 7.92. The summed E-state index contributed by atoms with van der Waals surface area (Å²) in [5.74, 6) is -7.95. The number of phenolic OH excluding ortho intramolecular Hbond substituents is 2. The Bertz CT molecular complexity index is 1860. The van der Waals surface area contributed by atoms with Crippen LogP contribution in [0.4, 0.5) is 11.4 Å². The van der Waals surface area contributed by atoms with Crippen LogP contribution >= 0.6 is 0 Å². The molecular formula is C34H24N2O10. The van der Waals surface area contributed by atoms with Gasteiger partial charge in [0.15, 0.2) is 0 Å². The Balaban J connectivity index is 1.74. The molecule has 6 rings (SSSR count). The zero-order chi connectivity index (χ0) is 33.0. The molecule has 0 saturated heterocycles. The maximum absolute atomic E-state index is 14.9. The fourth-order valence-corrected chi connectivity index (χ4v) is 6.02. The van der Waals surface area contributed by atoms with E-state index < -0.39 is 69.4 Å². The van der Waals surface area contributed by atoms with Crippen molar-refractivity contribution in [1.29, 1.82) is 0 Å². The van der Waals surface area contributed by atoms with Crippen molar-refractivity contribution in [2.45, 2.75) is 25.0 Å². The molecule has 46 heavy (non-hydrogen) atoms. The maximum Gasteiger partial charge on any atom is 0.343 e. The molecule has 2 N–H and O–H groups in total. The largest absolute Gasteiger partial charge is 0.507 e. The zero-order valence-electron chi connectivity index (χ0n) is 24.3. The van der Waals surface area contributed by atoms with E-state index >= 15 is 0 Å². The standard InChI is InChI=1S/C34H24N2O10/c1-19(37)35-25-15-7-5-13-23(25)33(31(35)43,45-29(41)21-11-3-9-17-27(21)39)34(46-30(42)22-12-4-10-18-28(22)40)24-14-6-8-16-26(24)36(20(2)38)32(34)44/h3-18,39-40H,1-2H3/t33-,34-/m0/s1. The van der Waals surface area contributed by atoms with Crippen LogP contribution in [0, 0.1) is 0 Å². The molecule has 4 aromatic rings. The van der Waals surface area contributed by atoms with Crippen LogP contribution in [-0.2, 0) is 39.9 Å². The summed E-state index contributed by atoms with van der Waals surface area (Å²) in [6.45, 7) is 2.14. The Hall–Kier alpha value is -6.30. The highest BCUT2D eigenvalue weighted by Gasteiger charge is 2.77. The lowest BCUT2D eigenvalue weighted by Crippen LogP contribution is -2.64. The van der Waals surface area contributed by atoms with E-state index in [9.17, 15) is 39.0 Å². The van der Waals surface area contributed by atoms with E-state index in [1.165, 1.54) is 97.1 Å². The number of rotatable bonds is 5. The molecule has 0 aromatic heterocycles. The molecule has 2 aliphatic heterocycles. The van der Waals surface area contributed by atoms with E-state index in [4.69, 9.17) is 9.47 Å². The Morgan fingerprint density at radius 1 is 0.543 bits per heavy atom. The van der Waals surface area contributed by atoms with Crippen LogP contribution in [0.5, 0.6) is 11.5 Å². The molecular weight excluding hydrogens is 596 g/mol. The van der Waals surface area contributed by atoms with Gasteiger partial charge < -0.3 is 19.7 Å². The summed E-state index contributed by atoms with van der Waals surface area (Å²) in [4.78, 5) is 85.2. The monoisotopic (exact) mass is 620 g/mol. The number of nitrogens with zero attached hydrogens (tertiary/aromatic N) is 2. The lowest BCUT2D eigenvalue weighted by Gasteiger charge is -2.42. The van der Waals surface area contributed by atoms with Gasteiger partial charge in [0.05, 0.1) is 11.4 Å². The topological polar surface area (TPSA) is 168 Å². The Kier molecular flexibility index (Phi) is 6.92. The normalized spacial score (nSPS) is 19.8. The number of anilines is 2. The predicted molar refractivity (Wildman–Crippen MR) is 160 cm³/mol. The number of carbonyl (C=O) groups excluding carboxylic acids is 6. The summed E-state index contributed by atoms with van der Waals surface area (Å²) in [7, 11) is 0. The molecule has 12 nitrogen and oxygen atoms in total. The number of esters is 2. The predicted octanol–water partition coefficient (Wildman–Crippen LogP) is 3.69. The van der Waals surface area contributed by atoms with Gasteiger partial charge in [-0.25, -0.2) is 19.4 Å². The smallest absolute Gasteiger partial charge is 0.343 e. The molecule has 2 heterocycles. The fraction of sp³-hybridized carbons (Fsp3) is 0.118. The zero-order valence-corrected chi connectivity index (χ0v) is 24.3. The van der Waals surface area contributed by atoms with Gasteiger partial charge in [-0.05, 0) is 36.4 Å². The molecule has 12 heteroatoms. The van der Waals surface area contributed by atoms with Gasteiger partial charge in [0.25, 0.3) is 23.0 Å². The number of benzene rings is 4. The van der Waals surface area contributed by atoms with Gasteiger partial charge in [0, 0.05) is 25.0 Å². The minimum Gasteiger partial charge on any atom is -0.507 e. The van der Waals surface area contributed by atoms with E-state index in [0.29, 0.717) is 9.80 Å². The summed E-state index contributed by atoms with van der Waals surface area (Å²) in [5, 5.41) is 21.1. The second kappa shape index (κ2) is 10.7. The number of imide groups is 2. The number of carbonyl (C=O) groups is 6. The lowest BCUT2D eigenvalue weighted by molar-refractivity contribution is -0.186. The third-order valence-corrected chi connectivity index (χ3v) is 7.92. The third kappa shape index (κ3) is 4.00. The van der Waals surface area contributed by atoms with Crippen LogP contribution < -0.4 is 9.80 Å². The number of fused-ring (bicyclic) bond motifs is 2. The first-order valence-corrected chi connectivity index (χ1v) is 13.9. The molecule has 0 bridgehead atoms. The number of hydrogen-bond acceptors (Lipinski definition) is 10. The van der Waals surface area contributed by atoms with Crippen molar-refractivity contribution >= 4 is 46.9 Å². The molecule has 0 fully saturated rings. The molecule has 0 saturated carbocycles. The molecule has 2 atom stereocenters. The first-order chi connectivity index (χ1) is 22.0. The molecule has 230 valence electrons. The average molecular weight is 621 g/mol. The van der Waals surface area contributed by atoms with Gasteiger partial charge in [-0.2, -0.15) is 0 Å². The van der Waals surface area contributed by atoms with Gasteiger partial charge in [0.2, 0.25) is 11.8 Å². The molecule has 4 amide bonds. The Morgan fingerprint density at radius 2 is 0.870 bits per heavy atom. The number of ether oxygens (including phenoxy) is 2. The Morgan fingerprint density at radius 3 is 1.22 bits per heavy atom. The van der Waals surface area contributed by atoms with E-state index in [-0.39, 0.29) is 22.5 Å². The second-order valence-corrected chi connectivity index (χ2v) is 10.5. The second-order valence-electron chi connectivity index (χ2n) is 10.5. The van der Waals surface area contributed by atoms with Crippen molar-refractivity contribution < 1.29 is 48.5 Å². The first-order valence-electron chi connectivity index (χ1n) is 13.9. The SMILES string of the molecule is CC(=O)N1C(=O)[C@](OC(=O)c2ccccc2O)([C@@]2(OC(=O)c3ccccc3O)C(=O)N(C(C)=O)c3ccccc32)c2ccccc21. The van der Waals surface area contributed by atoms with E-state index in [1.54, 1.807) is 0 Å². The van der Waals surface area contributed by atoms with Gasteiger partial charge in [-0.1, -0.05) is 60.7 Å². The molecule has 0 spiro atoms. The summed E-state index contributed by atoms with van der Waals surface area (Å²) in [6.07, 6.45) is 0. The van der Waals surface area contributed by atoms with Gasteiger partial charge in [-0.3, -0.25) is 19.2 Å². The van der Waals surface area contributed by atoms with Crippen LogP contribution in [0.1, 0.15) is 45.7 Å². The summed E-state index contributed by atoms with van der Waals surface area (Å²) in [6, 6.07) is 21.8. The number of aromatic hydroxyl groups is 2. The van der Waals surface area contributed by atoms with Crippen molar-refractivity contribution in [1.82, 2.24) is 0 Å².